The van der Waals surface area contributed by atoms with Gasteiger partial charge in [-0.1, -0.05) is 0 Å². The highest BCUT2D eigenvalue weighted by atomic mass is 16.3. The largest absolute Gasteiger partial charge is 0.466 e. The normalized spacial score (nSPS) is 20.0. The van der Waals surface area contributed by atoms with Crippen LogP contribution in [-0.2, 0) is 16.9 Å². The summed E-state index contributed by atoms with van der Waals surface area (Å²) in [5.41, 5.74) is 0.213. The van der Waals surface area contributed by atoms with Crippen molar-refractivity contribution in [1.82, 2.24) is 19.6 Å². The Balaban J connectivity index is 1.69. The molecule has 1 saturated heterocycles. The van der Waals surface area contributed by atoms with Crippen LogP contribution < -0.4 is 10.9 Å². The summed E-state index contributed by atoms with van der Waals surface area (Å²) in [5, 5.41) is 2.65. The van der Waals surface area contributed by atoms with Gasteiger partial charge >= 0.3 is 6.03 Å². The second-order valence-electron chi connectivity index (χ2n) is 6.44. The van der Waals surface area contributed by atoms with Crippen LogP contribution in [0.5, 0.6) is 0 Å². The van der Waals surface area contributed by atoms with Crippen molar-refractivity contribution in [3.05, 3.63) is 70.2 Å². The summed E-state index contributed by atoms with van der Waals surface area (Å²) in [4.78, 5) is 42.9. The number of imide groups is 1. The molecule has 1 atom stereocenters. The highest BCUT2D eigenvalue weighted by Crippen LogP contribution is 2.29. The molecule has 3 amide bonds. The highest BCUT2D eigenvalue weighted by Gasteiger charge is 2.51. The number of hydrogen-bond donors (Lipinski definition) is 1. The van der Waals surface area contributed by atoms with Crippen LogP contribution in [0.2, 0.25) is 0 Å². The van der Waals surface area contributed by atoms with Crippen LogP contribution in [0.15, 0.2) is 52.0 Å². The number of pyridine rings is 1. The second-order valence-corrected chi connectivity index (χ2v) is 6.44. The Hall–Kier alpha value is -3.42. The maximum absolute atomic E-state index is 12.8. The van der Waals surface area contributed by atoms with E-state index in [1.54, 1.807) is 31.3 Å². The monoisotopic (exact) mass is 352 g/mol. The lowest BCUT2D eigenvalue weighted by Crippen LogP contribution is -2.40. The first-order chi connectivity index (χ1) is 12.4. The van der Waals surface area contributed by atoms with Gasteiger partial charge in [-0.15, -0.1) is 0 Å². The van der Waals surface area contributed by atoms with E-state index in [9.17, 15) is 14.4 Å². The third-order valence-corrected chi connectivity index (χ3v) is 4.48. The van der Waals surface area contributed by atoms with E-state index in [-0.39, 0.29) is 12.1 Å². The molecule has 1 aliphatic rings. The van der Waals surface area contributed by atoms with Crippen molar-refractivity contribution in [2.75, 3.05) is 0 Å². The zero-order valence-corrected chi connectivity index (χ0v) is 14.2. The number of carbonyl (C=O) groups excluding carboxylic acids is 2. The van der Waals surface area contributed by atoms with E-state index >= 15 is 0 Å². The van der Waals surface area contributed by atoms with Crippen LogP contribution in [0.4, 0.5) is 4.79 Å². The molecule has 132 valence electrons. The van der Waals surface area contributed by atoms with E-state index in [0.29, 0.717) is 17.1 Å². The summed E-state index contributed by atoms with van der Waals surface area (Å²) < 4.78 is 6.71. The molecule has 4 rings (SSSR count). The molecule has 3 aromatic rings. The van der Waals surface area contributed by atoms with Gasteiger partial charge in [-0.3, -0.25) is 18.9 Å². The standard InChI is InChI=1S/C18H16N4O4/c1-11-5-6-21-14(8-11)19-12(9-15(21)23)10-22-16(24)18(2,20-17(22)25)13-4-3-7-26-13/h3-9H,10H2,1-2H3,(H,20,25)/t18-/m0/s1. The minimum Gasteiger partial charge on any atom is -0.466 e. The quantitative estimate of drug-likeness (QED) is 0.722. The van der Waals surface area contributed by atoms with Crippen molar-refractivity contribution >= 4 is 17.6 Å². The Kier molecular flexibility index (Phi) is 3.43. The minimum atomic E-state index is -1.27. The molecule has 0 saturated carbocycles. The van der Waals surface area contributed by atoms with Gasteiger partial charge in [0, 0.05) is 12.3 Å². The lowest BCUT2D eigenvalue weighted by atomic mass is 9.99. The summed E-state index contributed by atoms with van der Waals surface area (Å²) in [5.74, 6) is -0.107. The molecular formula is C18H16N4O4. The lowest BCUT2D eigenvalue weighted by Gasteiger charge is -2.18. The maximum atomic E-state index is 12.8. The highest BCUT2D eigenvalue weighted by molar-refractivity contribution is 6.06. The van der Waals surface area contributed by atoms with Gasteiger partial charge in [0.15, 0.2) is 5.54 Å². The maximum Gasteiger partial charge on any atom is 0.325 e. The third kappa shape index (κ3) is 2.38. The number of aryl methyl sites for hydroxylation is 1. The topological polar surface area (TPSA) is 96.9 Å². The Bertz CT molecular complexity index is 1090. The van der Waals surface area contributed by atoms with Gasteiger partial charge in [0.25, 0.3) is 11.5 Å². The van der Waals surface area contributed by atoms with Crippen molar-refractivity contribution in [2.24, 2.45) is 0 Å². The SMILES string of the molecule is Cc1ccn2c(=O)cc(CN3C(=O)N[C@@](C)(c4ccco4)C3=O)nc2c1. The zero-order valence-electron chi connectivity index (χ0n) is 14.2. The van der Waals surface area contributed by atoms with Crippen LogP contribution in [0.25, 0.3) is 5.65 Å². The fourth-order valence-electron chi connectivity index (χ4n) is 3.07. The minimum absolute atomic E-state index is 0.0966. The molecule has 0 aromatic carbocycles. The summed E-state index contributed by atoms with van der Waals surface area (Å²) in [6.07, 6.45) is 3.09. The van der Waals surface area contributed by atoms with E-state index < -0.39 is 17.5 Å². The van der Waals surface area contributed by atoms with Crippen molar-refractivity contribution in [2.45, 2.75) is 25.9 Å². The van der Waals surface area contributed by atoms with Gasteiger partial charge in [-0.25, -0.2) is 9.78 Å². The van der Waals surface area contributed by atoms with E-state index in [4.69, 9.17) is 4.42 Å². The molecule has 4 heterocycles. The number of hydrogen-bond acceptors (Lipinski definition) is 5. The van der Waals surface area contributed by atoms with Gasteiger partial charge in [-0.05, 0) is 43.7 Å². The Labute approximate surface area is 148 Å². The molecular weight excluding hydrogens is 336 g/mol. The zero-order chi connectivity index (χ0) is 18.5. The van der Waals surface area contributed by atoms with E-state index in [1.807, 2.05) is 13.0 Å². The van der Waals surface area contributed by atoms with Crippen LogP contribution >= 0.6 is 0 Å². The molecule has 0 aliphatic carbocycles. The number of urea groups is 1. The van der Waals surface area contributed by atoms with Crippen LogP contribution in [-0.4, -0.2) is 26.2 Å². The summed E-state index contributed by atoms with van der Waals surface area (Å²) >= 11 is 0. The number of fused-ring (bicyclic) bond motifs is 1. The first-order valence-corrected chi connectivity index (χ1v) is 8.05. The second kappa shape index (κ2) is 5.55. The summed E-state index contributed by atoms with van der Waals surface area (Å²) in [7, 11) is 0. The molecule has 0 spiro atoms. The van der Waals surface area contributed by atoms with Crippen LogP contribution in [0.3, 0.4) is 0 Å². The first-order valence-electron chi connectivity index (χ1n) is 8.05. The van der Waals surface area contributed by atoms with Crippen molar-refractivity contribution in [3.63, 3.8) is 0 Å². The van der Waals surface area contributed by atoms with Gasteiger partial charge in [-0.2, -0.15) is 0 Å². The molecule has 0 radical (unpaired) electrons. The Morgan fingerprint density at radius 3 is 2.77 bits per heavy atom. The molecule has 8 heteroatoms. The molecule has 1 N–H and O–H groups in total. The summed E-state index contributed by atoms with van der Waals surface area (Å²) in [6, 6.07) is 7.62. The average Bonchev–Trinajstić information content (AvgIpc) is 3.19. The Morgan fingerprint density at radius 2 is 2.04 bits per heavy atom. The van der Waals surface area contributed by atoms with Gasteiger partial charge < -0.3 is 9.73 Å². The van der Waals surface area contributed by atoms with Gasteiger partial charge in [0.2, 0.25) is 0 Å². The number of nitrogens with zero attached hydrogens (tertiary/aromatic N) is 3. The van der Waals surface area contributed by atoms with Gasteiger partial charge in [0.05, 0.1) is 18.5 Å². The number of furan rings is 1. The van der Waals surface area contributed by atoms with E-state index in [2.05, 4.69) is 10.3 Å². The fraction of sp³-hybridized carbons (Fsp3) is 0.222. The van der Waals surface area contributed by atoms with E-state index in [1.165, 1.54) is 16.7 Å². The smallest absolute Gasteiger partial charge is 0.325 e. The number of nitrogens with one attached hydrogen (secondary N) is 1. The number of carbonyl (C=O) groups is 2. The lowest BCUT2D eigenvalue weighted by molar-refractivity contribution is -0.132. The molecule has 26 heavy (non-hydrogen) atoms. The van der Waals surface area contributed by atoms with Crippen molar-refractivity contribution in [3.8, 4) is 0 Å². The molecule has 8 nitrogen and oxygen atoms in total. The molecule has 3 aromatic heterocycles. The number of amides is 3. The Morgan fingerprint density at radius 1 is 1.23 bits per heavy atom. The predicted octanol–water partition coefficient (Wildman–Crippen LogP) is 1.56. The molecule has 0 bridgehead atoms. The first kappa shape index (κ1) is 16.1. The average molecular weight is 352 g/mol. The predicted molar refractivity (Wildman–Crippen MR) is 91.3 cm³/mol. The summed E-state index contributed by atoms with van der Waals surface area (Å²) in [6.45, 7) is 3.38. The van der Waals surface area contributed by atoms with Gasteiger partial charge in [0.1, 0.15) is 11.4 Å². The molecule has 1 aliphatic heterocycles. The number of aromatic nitrogens is 2. The molecule has 0 unspecified atom stereocenters. The van der Waals surface area contributed by atoms with Crippen LogP contribution in [0.1, 0.15) is 23.9 Å². The van der Waals surface area contributed by atoms with E-state index in [0.717, 1.165) is 10.5 Å². The molecule has 1 fully saturated rings. The van der Waals surface area contributed by atoms with Crippen molar-refractivity contribution < 1.29 is 14.0 Å². The van der Waals surface area contributed by atoms with Crippen molar-refractivity contribution in [1.29, 1.82) is 0 Å². The van der Waals surface area contributed by atoms with Crippen LogP contribution in [0, 0.1) is 6.92 Å². The number of rotatable bonds is 3. The fourth-order valence-corrected chi connectivity index (χ4v) is 3.07. The third-order valence-electron chi connectivity index (χ3n) is 4.48.